The molecule has 7 nitrogen and oxygen atoms in total. The molecule has 0 amide bonds. The van der Waals surface area contributed by atoms with E-state index in [1.807, 2.05) is 13.8 Å². The number of nitrogens with zero attached hydrogens (tertiary/aromatic N) is 2. The lowest BCUT2D eigenvalue weighted by Gasteiger charge is -2.24. The number of ether oxygens (including phenoxy) is 2. The van der Waals surface area contributed by atoms with Crippen molar-refractivity contribution in [1.29, 1.82) is 0 Å². The van der Waals surface area contributed by atoms with Gasteiger partial charge in [-0.05, 0) is 44.1 Å². The van der Waals surface area contributed by atoms with Crippen molar-refractivity contribution in [2.24, 2.45) is 0 Å². The van der Waals surface area contributed by atoms with Gasteiger partial charge in [-0.25, -0.2) is 4.98 Å². The molecule has 0 saturated carbocycles. The van der Waals surface area contributed by atoms with E-state index in [-0.39, 0.29) is 12.1 Å². The van der Waals surface area contributed by atoms with Gasteiger partial charge in [0.25, 0.3) is 0 Å². The summed E-state index contributed by atoms with van der Waals surface area (Å²) < 4.78 is 64.5. The summed E-state index contributed by atoms with van der Waals surface area (Å²) in [6.07, 6.45) is -2.04. The number of benzene rings is 1. The quantitative estimate of drug-likeness (QED) is 0.551. The highest BCUT2D eigenvalue weighted by molar-refractivity contribution is 7.71. The van der Waals surface area contributed by atoms with Crippen LogP contribution < -0.4 is 25.4 Å². The van der Waals surface area contributed by atoms with Crippen molar-refractivity contribution >= 4 is 24.1 Å². The largest absolute Gasteiger partial charge is 0.495 e. The molecule has 0 atom stereocenters. The van der Waals surface area contributed by atoms with Gasteiger partial charge in [0.15, 0.2) is 0 Å². The molecule has 0 aliphatic carbocycles. The molecular weight excluding hydrogens is 444 g/mol. The zero-order valence-corrected chi connectivity index (χ0v) is 19.2. The average molecular weight is 472 g/mol. The van der Waals surface area contributed by atoms with Crippen molar-refractivity contribution < 1.29 is 27.2 Å². The van der Waals surface area contributed by atoms with Crippen LogP contribution in [0.25, 0.3) is 0 Å². The van der Waals surface area contributed by atoms with E-state index in [1.165, 1.54) is 7.11 Å². The summed E-state index contributed by atoms with van der Waals surface area (Å²) in [7, 11) is -1.05. The van der Waals surface area contributed by atoms with Gasteiger partial charge in [-0.3, -0.25) is 0 Å². The number of halogens is 3. The highest BCUT2D eigenvalue weighted by Crippen LogP contribution is 2.45. The molecule has 1 saturated heterocycles. The minimum atomic E-state index is -4.64. The van der Waals surface area contributed by atoms with Crippen LogP contribution in [0.3, 0.4) is 0 Å². The van der Waals surface area contributed by atoms with Gasteiger partial charge in [-0.15, -0.1) is 0 Å². The first-order valence-electron chi connectivity index (χ1n) is 10.6. The van der Waals surface area contributed by atoms with Gasteiger partial charge in [-0.2, -0.15) is 18.2 Å². The number of piperidine rings is 1. The van der Waals surface area contributed by atoms with Crippen LogP contribution in [0.1, 0.15) is 32.3 Å². The lowest BCUT2D eigenvalue weighted by atomic mass is 10.1. The number of nitrogens with one attached hydrogen (secondary N) is 2. The molecule has 1 aromatic carbocycles. The molecule has 2 heterocycles. The van der Waals surface area contributed by atoms with Gasteiger partial charge in [-0.1, -0.05) is 13.8 Å². The molecule has 2 N–H and O–H groups in total. The third-order valence-electron chi connectivity index (χ3n) is 5.55. The first-order chi connectivity index (χ1) is 15.2. The fourth-order valence-corrected chi connectivity index (χ4v) is 5.40. The molecule has 1 fully saturated rings. The zero-order chi connectivity index (χ0) is 23.4. The predicted molar refractivity (Wildman–Crippen MR) is 118 cm³/mol. The van der Waals surface area contributed by atoms with Crippen LogP contribution in [0.15, 0.2) is 24.4 Å². The maximum Gasteiger partial charge on any atom is 0.423 e. The molecule has 32 heavy (non-hydrogen) atoms. The Kier molecular flexibility index (Phi) is 7.67. The van der Waals surface area contributed by atoms with Crippen LogP contribution >= 0.6 is 7.14 Å². The van der Waals surface area contributed by atoms with Crippen molar-refractivity contribution in [3.05, 3.63) is 30.0 Å². The summed E-state index contributed by atoms with van der Waals surface area (Å²) in [5, 5.41) is 6.73. The number of hydrogen-bond acceptors (Lipinski definition) is 7. The first kappa shape index (κ1) is 24.3. The van der Waals surface area contributed by atoms with Crippen LogP contribution in [0.5, 0.6) is 11.6 Å². The molecule has 11 heteroatoms. The van der Waals surface area contributed by atoms with Crippen molar-refractivity contribution in [3.8, 4) is 11.6 Å². The van der Waals surface area contributed by atoms with E-state index < -0.39 is 24.8 Å². The number of methoxy groups -OCH3 is 1. The normalized spacial score (nSPS) is 15.4. The third kappa shape index (κ3) is 5.53. The Hall–Kier alpha value is -2.32. The fraction of sp³-hybridized carbons (Fsp3) is 0.524. The second-order valence-electron chi connectivity index (χ2n) is 7.51. The molecule has 1 aromatic heterocycles. The van der Waals surface area contributed by atoms with Crippen molar-refractivity contribution in [2.75, 3.05) is 37.8 Å². The zero-order valence-electron chi connectivity index (χ0n) is 18.3. The SMILES string of the molecule is CCP(=O)(CC)c1ccc(Nc2ncc(C(F)(F)F)c(OC3CCNCC3)n2)c(OC)c1. The molecule has 1 aliphatic heterocycles. The number of hydrogen-bond donors (Lipinski definition) is 2. The third-order valence-corrected chi connectivity index (χ3v) is 8.81. The van der Waals surface area contributed by atoms with Gasteiger partial charge in [0.2, 0.25) is 11.8 Å². The summed E-state index contributed by atoms with van der Waals surface area (Å²) >= 11 is 0. The second-order valence-corrected chi connectivity index (χ2v) is 11.1. The number of anilines is 2. The van der Waals surface area contributed by atoms with E-state index in [0.29, 0.717) is 55.0 Å². The molecule has 0 unspecified atom stereocenters. The van der Waals surface area contributed by atoms with Gasteiger partial charge >= 0.3 is 6.18 Å². The van der Waals surface area contributed by atoms with Gasteiger partial charge < -0.3 is 24.7 Å². The summed E-state index contributed by atoms with van der Waals surface area (Å²) in [4.78, 5) is 7.84. The Morgan fingerprint density at radius 2 is 1.91 bits per heavy atom. The van der Waals surface area contributed by atoms with E-state index in [9.17, 15) is 17.7 Å². The number of aromatic nitrogens is 2. The average Bonchev–Trinajstić information content (AvgIpc) is 2.79. The van der Waals surface area contributed by atoms with Crippen LogP contribution in [-0.4, -0.2) is 48.6 Å². The van der Waals surface area contributed by atoms with Gasteiger partial charge in [0.05, 0.1) is 12.8 Å². The lowest BCUT2D eigenvalue weighted by Crippen LogP contribution is -2.34. The van der Waals surface area contributed by atoms with E-state index in [4.69, 9.17) is 9.47 Å². The summed E-state index contributed by atoms with van der Waals surface area (Å²) in [5.74, 6) is -0.157. The van der Waals surface area contributed by atoms with E-state index in [2.05, 4.69) is 20.6 Å². The summed E-state index contributed by atoms with van der Waals surface area (Å²) in [6, 6.07) is 5.09. The minimum absolute atomic E-state index is 0.0536. The number of alkyl halides is 3. The molecule has 0 spiro atoms. The van der Waals surface area contributed by atoms with Crippen LogP contribution in [0, 0.1) is 0 Å². The van der Waals surface area contributed by atoms with Crippen LogP contribution in [-0.2, 0) is 10.7 Å². The van der Waals surface area contributed by atoms with E-state index >= 15 is 0 Å². The summed E-state index contributed by atoms with van der Waals surface area (Å²) in [5.41, 5.74) is -0.571. The molecule has 176 valence electrons. The smallest absolute Gasteiger partial charge is 0.423 e. The highest BCUT2D eigenvalue weighted by atomic mass is 31.2. The maximum atomic E-state index is 13.5. The van der Waals surface area contributed by atoms with Crippen molar-refractivity contribution in [1.82, 2.24) is 15.3 Å². The molecule has 0 radical (unpaired) electrons. The first-order valence-corrected chi connectivity index (χ1v) is 12.6. The molecule has 3 rings (SSSR count). The Labute approximate surface area is 185 Å². The Morgan fingerprint density at radius 3 is 2.50 bits per heavy atom. The van der Waals surface area contributed by atoms with Gasteiger partial charge in [0.1, 0.15) is 24.6 Å². The van der Waals surface area contributed by atoms with Crippen LogP contribution in [0.4, 0.5) is 24.8 Å². The highest BCUT2D eigenvalue weighted by Gasteiger charge is 2.37. The molecule has 0 bridgehead atoms. The van der Waals surface area contributed by atoms with Gasteiger partial charge in [0, 0.05) is 23.8 Å². The predicted octanol–water partition coefficient (Wildman–Crippen LogP) is 4.41. The topological polar surface area (TPSA) is 85.4 Å². The standard InChI is InChI=1S/C21H28F3N4O3P/c1-4-32(29,5-2)15-6-7-17(18(12-15)30-3)27-20-26-13-16(21(22,23)24)19(28-20)31-14-8-10-25-11-9-14/h6-7,12-14,25H,4-5,8-11H2,1-3H3,(H,26,27,28). The summed E-state index contributed by atoms with van der Waals surface area (Å²) in [6.45, 7) is 5.10. The molecule has 2 aromatic rings. The van der Waals surface area contributed by atoms with Crippen LogP contribution in [0.2, 0.25) is 0 Å². The Balaban J connectivity index is 1.91. The molecular formula is C21H28F3N4O3P. The Bertz CT molecular complexity index is 973. The molecule has 1 aliphatic rings. The maximum absolute atomic E-state index is 13.5. The van der Waals surface area contributed by atoms with E-state index in [0.717, 1.165) is 6.20 Å². The van der Waals surface area contributed by atoms with Crippen molar-refractivity contribution in [3.63, 3.8) is 0 Å². The number of rotatable bonds is 8. The monoisotopic (exact) mass is 472 g/mol. The fourth-order valence-electron chi connectivity index (χ4n) is 3.53. The van der Waals surface area contributed by atoms with E-state index in [1.54, 1.807) is 18.2 Å². The Morgan fingerprint density at radius 1 is 1.22 bits per heavy atom. The lowest BCUT2D eigenvalue weighted by molar-refractivity contribution is -0.140. The second kappa shape index (κ2) is 10.1. The van der Waals surface area contributed by atoms with Crippen molar-refractivity contribution in [2.45, 2.75) is 39.0 Å². The minimum Gasteiger partial charge on any atom is -0.495 e.